The van der Waals surface area contributed by atoms with E-state index in [1.807, 2.05) is 59.1 Å². The highest BCUT2D eigenvalue weighted by atomic mass is 32.1. The smallest absolute Gasteiger partial charge is 0.309 e. The maximum absolute atomic E-state index is 13.0. The highest BCUT2D eigenvalue weighted by Crippen LogP contribution is 2.30. The van der Waals surface area contributed by atoms with Gasteiger partial charge in [-0.3, -0.25) is 14.2 Å². The summed E-state index contributed by atoms with van der Waals surface area (Å²) in [7, 11) is 0. The molecule has 3 heterocycles. The zero-order valence-electron chi connectivity index (χ0n) is 17.6. The van der Waals surface area contributed by atoms with E-state index in [9.17, 15) is 9.59 Å². The third-order valence-corrected chi connectivity index (χ3v) is 7.41. The Balaban J connectivity index is 1.30. The first-order valence-corrected chi connectivity index (χ1v) is 11.6. The molecule has 0 spiro atoms. The molecular weight excluding hydrogens is 408 g/mol. The van der Waals surface area contributed by atoms with Crippen LogP contribution in [0.3, 0.4) is 0 Å². The molecule has 0 bridgehead atoms. The van der Waals surface area contributed by atoms with Crippen LogP contribution in [0.15, 0.2) is 65.3 Å². The molecule has 1 saturated heterocycles. The molecule has 0 saturated carbocycles. The molecule has 1 aliphatic carbocycles. The van der Waals surface area contributed by atoms with Gasteiger partial charge in [-0.1, -0.05) is 47.3 Å². The number of carbonyl (C=O) groups excluding carboxylic acids is 1. The van der Waals surface area contributed by atoms with Gasteiger partial charge in [-0.25, -0.2) is 4.98 Å². The lowest BCUT2D eigenvalue weighted by atomic mass is 9.90. The van der Waals surface area contributed by atoms with Crippen molar-refractivity contribution in [2.75, 3.05) is 13.1 Å². The van der Waals surface area contributed by atoms with Crippen molar-refractivity contribution in [1.29, 1.82) is 0 Å². The van der Waals surface area contributed by atoms with Crippen LogP contribution in [-0.2, 0) is 11.5 Å². The van der Waals surface area contributed by atoms with E-state index in [4.69, 9.17) is 0 Å². The largest absolute Gasteiger partial charge is 0.342 e. The second-order valence-corrected chi connectivity index (χ2v) is 9.34. The number of aromatic nitrogens is 3. The minimum Gasteiger partial charge on any atom is -0.342 e. The maximum Gasteiger partial charge on any atom is 0.309 e. The summed E-state index contributed by atoms with van der Waals surface area (Å²) in [5.74, 6) is 1.40. The van der Waals surface area contributed by atoms with E-state index in [1.54, 1.807) is 0 Å². The zero-order chi connectivity index (χ0) is 21.4. The average molecular weight is 435 g/mol. The second kappa shape index (κ2) is 8.30. The topological polar surface area (TPSA) is 60.1 Å². The fraction of sp³-hybridized carbons (Fsp3) is 0.375. The Morgan fingerprint density at radius 3 is 2.84 bits per heavy atom. The molecule has 160 valence electrons. The van der Waals surface area contributed by atoms with Crippen molar-refractivity contribution in [2.24, 2.45) is 5.92 Å². The Labute approximate surface area is 185 Å². The molecule has 2 aromatic heterocycles. The van der Waals surface area contributed by atoms with Gasteiger partial charge in [0.15, 0.2) is 0 Å². The molecular formula is C24H26N4O2S. The van der Waals surface area contributed by atoms with E-state index < -0.39 is 0 Å². The Hall–Kier alpha value is -2.93. The van der Waals surface area contributed by atoms with Gasteiger partial charge < -0.3 is 9.47 Å². The SMILES string of the molecule is CC1=CCC=CC1C(=O)N1CCC(c2nccn2Cn2c(=O)sc3ccccc32)CC1. The van der Waals surface area contributed by atoms with Crippen molar-refractivity contribution >= 4 is 27.5 Å². The predicted octanol–water partition coefficient (Wildman–Crippen LogP) is 3.99. The predicted molar refractivity (Wildman–Crippen MR) is 123 cm³/mol. The average Bonchev–Trinajstić information content (AvgIpc) is 3.38. The molecule has 1 aromatic carbocycles. The number of likely N-dealkylation sites (tertiary alicyclic amines) is 1. The monoisotopic (exact) mass is 434 g/mol. The summed E-state index contributed by atoms with van der Waals surface area (Å²) in [5.41, 5.74) is 2.11. The van der Waals surface area contributed by atoms with Crippen LogP contribution < -0.4 is 4.87 Å². The standard InChI is InChI=1S/C24H26N4O2S/c1-17-6-2-3-7-19(17)23(29)26-13-10-18(11-14-26)22-25-12-15-27(22)16-28-20-8-4-5-9-21(20)31-24(28)30/h3-9,12,15,18-19H,2,10-11,13-14,16H2,1H3. The number of imidazole rings is 1. The summed E-state index contributed by atoms with van der Waals surface area (Å²) in [4.78, 5) is 32.2. The third kappa shape index (κ3) is 3.78. The van der Waals surface area contributed by atoms with Gasteiger partial charge >= 0.3 is 4.87 Å². The van der Waals surface area contributed by atoms with Gasteiger partial charge in [-0.05, 0) is 38.3 Å². The lowest BCUT2D eigenvalue weighted by Gasteiger charge is -2.34. The van der Waals surface area contributed by atoms with Crippen molar-refractivity contribution in [3.05, 3.63) is 76.0 Å². The Morgan fingerprint density at radius 1 is 1.23 bits per heavy atom. The third-order valence-electron chi connectivity index (χ3n) is 6.45. The molecule has 1 unspecified atom stereocenters. The number of rotatable bonds is 4. The van der Waals surface area contributed by atoms with E-state index >= 15 is 0 Å². The van der Waals surface area contributed by atoms with Crippen molar-refractivity contribution in [1.82, 2.24) is 19.0 Å². The van der Waals surface area contributed by atoms with Crippen LogP contribution in [0, 0.1) is 5.92 Å². The summed E-state index contributed by atoms with van der Waals surface area (Å²) in [6.07, 6.45) is 12.7. The minimum atomic E-state index is -0.106. The number of para-hydroxylation sites is 1. The molecule has 1 aliphatic heterocycles. The number of fused-ring (bicyclic) bond motifs is 1. The molecule has 0 N–H and O–H groups in total. The van der Waals surface area contributed by atoms with Crippen molar-refractivity contribution in [3.8, 4) is 0 Å². The second-order valence-electron chi connectivity index (χ2n) is 8.35. The fourth-order valence-corrected chi connectivity index (χ4v) is 5.56. The minimum absolute atomic E-state index is 0.0465. The molecule has 2 aliphatic rings. The molecule has 31 heavy (non-hydrogen) atoms. The van der Waals surface area contributed by atoms with Crippen molar-refractivity contribution < 1.29 is 4.79 Å². The van der Waals surface area contributed by atoms with Crippen LogP contribution in [0.1, 0.15) is 37.9 Å². The van der Waals surface area contributed by atoms with Gasteiger partial charge in [0, 0.05) is 31.4 Å². The van der Waals surface area contributed by atoms with E-state index in [2.05, 4.69) is 21.7 Å². The lowest BCUT2D eigenvalue weighted by Crippen LogP contribution is -2.41. The maximum atomic E-state index is 13.0. The van der Waals surface area contributed by atoms with Crippen LogP contribution in [0.5, 0.6) is 0 Å². The molecule has 1 amide bonds. The normalized spacial score (nSPS) is 19.7. The van der Waals surface area contributed by atoms with Gasteiger partial charge in [0.25, 0.3) is 0 Å². The van der Waals surface area contributed by atoms with Gasteiger partial charge in [-0.15, -0.1) is 0 Å². The lowest BCUT2D eigenvalue weighted by molar-refractivity contribution is -0.134. The number of carbonyl (C=O) groups is 1. The Morgan fingerprint density at radius 2 is 2.03 bits per heavy atom. The van der Waals surface area contributed by atoms with Gasteiger partial charge in [0.2, 0.25) is 5.91 Å². The molecule has 6 nitrogen and oxygen atoms in total. The number of piperidine rings is 1. The fourth-order valence-electron chi connectivity index (χ4n) is 4.68. The van der Waals surface area contributed by atoms with Crippen LogP contribution >= 0.6 is 11.3 Å². The molecule has 3 aromatic rings. The summed E-state index contributed by atoms with van der Waals surface area (Å²) >= 11 is 1.28. The van der Waals surface area contributed by atoms with Gasteiger partial charge in [-0.2, -0.15) is 0 Å². The summed E-state index contributed by atoms with van der Waals surface area (Å²) < 4.78 is 4.90. The first-order valence-electron chi connectivity index (χ1n) is 10.8. The Kier molecular flexibility index (Phi) is 5.36. The number of amides is 1. The number of benzene rings is 1. The first kappa shape index (κ1) is 20.0. The highest BCUT2D eigenvalue weighted by molar-refractivity contribution is 7.16. The van der Waals surface area contributed by atoms with E-state index in [1.165, 1.54) is 11.3 Å². The number of allylic oxidation sites excluding steroid dienone is 2. The van der Waals surface area contributed by atoms with E-state index in [-0.39, 0.29) is 22.6 Å². The number of hydrogen-bond donors (Lipinski definition) is 0. The number of thiazole rings is 1. The van der Waals surface area contributed by atoms with Crippen LogP contribution in [0.25, 0.3) is 10.2 Å². The summed E-state index contributed by atoms with van der Waals surface area (Å²) in [5, 5.41) is 0. The highest BCUT2D eigenvalue weighted by Gasteiger charge is 2.30. The van der Waals surface area contributed by atoms with E-state index in [0.717, 1.165) is 54.0 Å². The number of nitrogens with zero attached hydrogens (tertiary/aromatic N) is 4. The van der Waals surface area contributed by atoms with E-state index in [0.29, 0.717) is 6.67 Å². The first-order chi connectivity index (χ1) is 15.1. The van der Waals surface area contributed by atoms with Crippen LogP contribution in [-0.4, -0.2) is 38.0 Å². The quantitative estimate of drug-likeness (QED) is 0.584. The van der Waals surface area contributed by atoms with Crippen molar-refractivity contribution in [3.63, 3.8) is 0 Å². The van der Waals surface area contributed by atoms with Gasteiger partial charge in [0.1, 0.15) is 12.5 Å². The van der Waals surface area contributed by atoms with Gasteiger partial charge in [0.05, 0.1) is 16.1 Å². The molecule has 1 atom stereocenters. The molecule has 5 rings (SSSR count). The van der Waals surface area contributed by atoms with Crippen LogP contribution in [0.4, 0.5) is 0 Å². The zero-order valence-corrected chi connectivity index (χ0v) is 18.4. The summed E-state index contributed by atoms with van der Waals surface area (Å²) in [6, 6.07) is 7.90. The molecule has 7 heteroatoms. The van der Waals surface area contributed by atoms with Crippen LogP contribution in [0.2, 0.25) is 0 Å². The summed E-state index contributed by atoms with van der Waals surface area (Å²) in [6.45, 7) is 4.00. The Bertz CT molecular complexity index is 1220. The molecule has 1 fully saturated rings. The number of hydrogen-bond acceptors (Lipinski definition) is 4. The molecule has 0 radical (unpaired) electrons. The van der Waals surface area contributed by atoms with Crippen molar-refractivity contribution in [2.45, 2.75) is 38.8 Å².